The van der Waals surface area contributed by atoms with Crippen LogP contribution in [0.3, 0.4) is 0 Å². The van der Waals surface area contributed by atoms with Crippen molar-refractivity contribution in [2.45, 2.75) is 6.92 Å². The third-order valence-corrected chi connectivity index (χ3v) is 3.50. The Labute approximate surface area is 128 Å². The first-order chi connectivity index (χ1) is 9.90. The van der Waals surface area contributed by atoms with E-state index in [-0.39, 0.29) is 16.8 Å². The summed E-state index contributed by atoms with van der Waals surface area (Å²) in [6.45, 7) is 1.74. The van der Waals surface area contributed by atoms with Gasteiger partial charge in [0, 0.05) is 4.47 Å². The maximum absolute atomic E-state index is 13.7. The topological polar surface area (TPSA) is 66.4 Å². The molecule has 21 heavy (non-hydrogen) atoms. The van der Waals surface area contributed by atoms with Gasteiger partial charge in [0.15, 0.2) is 0 Å². The van der Waals surface area contributed by atoms with Crippen LogP contribution >= 0.6 is 15.9 Å². The van der Waals surface area contributed by atoms with Crippen molar-refractivity contribution in [3.63, 3.8) is 0 Å². The van der Waals surface area contributed by atoms with E-state index >= 15 is 0 Å². The Morgan fingerprint density at radius 3 is 2.57 bits per heavy atom. The van der Waals surface area contributed by atoms with Crippen LogP contribution in [0.15, 0.2) is 40.9 Å². The molecule has 0 saturated heterocycles. The van der Waals surface area contributed by atoms with Gasteiger partial charge in [-0.05, 0) is 47.1 Å². The highest BCUT2D eigenvalue weighted by molar-refractivity contribution is 9.10. The quantitative estimate of drug-likeness (QED) is 0.882. The lowest BCUT2D eigenvalue weighted by Gasteiger charge is -2.11. The fourth-order valence-electron chi connectivity index (χ4n) is 1.84. The molecule has 0 fully saturated rings. The van der Waals surface area contributed by atoms with Crippen molar-refractivity contribution in [1.29, 1.82) is 0 Å². The highest BCUT2D eigenvalue weighted by atomic mass is 79.9. The van der Waals surface area contributed by atoms with Gasteiger partial charge in [-0.3, -0.25) is 4.79 Å². The van der Waals surface area contributed by atoms with Crippen LogP contribution in [0.2, 0.25) is 0 Å². The lowest BCUT2D eigenvalue weighted by molar-refractivity contribution is 0.0698. The summed E-state index contributed by atoms with van der Waals surface area (Å²) in [5, 5.41) is 11.6. The third kappa shape index (κ3) is 3.28. The highest BCUT2D eigenvalue weighted by Crippen LogP contribution is 2.23. The number of hydrogen-bond donors (Lipinski definition) is 2. The summed E-state index contributed by atoms with van der Waals surface area (Å²) in [7, 11) is 0. The number of benzene rings is 2. The van der Waals surface area contributed by atoms with Crippen LogP contribution in [0, 0.1) is 12.7 Å². The van der Waals surface area contributed by atoms with Gasteiger partial charge in [-0.25, -0.2) is 9.18 Å². The van der Waals surface area contributed by atoms with Crippen molar-refractivity contribution >= 4 is 33.5 Å². The van der Waals surface area contributed by atoms with Crippen LogP contribution in [0.1, 0.15) is 26.3 Å². The van der Waals surface area contributed by atoms with Gasteiger partial charge in [0.25, 0.3) is 5.91 Å². The Bertz CT molecular complexity index is 711. The second kappa shape index (κ2) is 6.05. The molecule has 0 aromatic heterocycles. The fourth-order valence-corrected chi connectivity index (χ4v) is 2.37. The molecular weight excluding hydrogens is 341 g/mol. The Morgan fingerprint density at radius 1 is 1.24 bits per heavy atom. The average molecular weight is 352 g/mol. The molecule has 0 heterocycles. The first-order valence-electron chi connectivity index (χ1n) is 5.99. The standard InChI is InChI=1S/C15H11BrFNO3/c1-8-5-6-12(9(7-8)15(20)21)18-14(19)13-10(16)3-2-4-11(13)17/h2-7H,1H3,(H,18,19)(H,20,21). The molecule has 6 heteroatoms. The number of aryl methyl sites for hydroxylation is 1. The number of halogens is 2. The molecule has 2 aromatic rings. The minimum atomic E-state index is -1.17. The number of carbonyl (C=O) groups is 2. The van der Waals surface area contributed by atoms with Crippen molar-refractivity contribution in [3.8, 4) is 0 Å². The zero-order valence-corrected chi connectivity index (χ0v) is 12.6. The van der Waals surface area contributed by atoms with E-state index in [0.717, 1.165) is 11.6 Å². The molecule has 0 aliphatic rings. The fraction of sp³-hybridized carbons (Fsp3) is 0.0667. The van der Waals surface area contributed by atoms with Crippen molar-refractivity contribution in [1.82, 2.24) is 0 Å². The molecule has 2 N–H and O–H groups in total. The van der Waals surface area contributed by atoms with Gasteiger partial charge >= 0.3 is 5.97 Å². The Kier molecular flexibility index (Phi) is 4.37. The smallest absolute Gasteiger partial charge is 0.337 e. The number of carbonyl (C=O) groups excluding carboxylic acids is 1. The highest BCUT2D eigenvalue weighted by Gasteiger charge is 2.18. The van der Waals surface area contributed by atoms with E-state index in [2.05, 4.69) is 21.2 Å². The molecule has 0 saturated carbocycles. The van der Waals surface area contributed by atoms with Gasteiger partial charge < -0.3 is 10.4 Å². The van der Waals surface area contributed by atoms with E-state index in [9.17, 15) is 14.0 Å². The van der Waals surface area contributed by atoms with E-state index in [1.807, 2.05) is 0 Å². The third-order valence-electron chi connectivity index (χ3n) is 2.84. The number of carboxylic acid groups (broad SMARTS) is 1. The maximum atomic E-state index is 13.7. The number of rotatable bonds is 3. The van der Waals surface area contributed by atoms with Crippen molar-refractivity contribution in [2.24, 2.45) is 0 Å². The monoisotopic (exact) mass is 351 g/mol. The summed E-state index contributed by atoms with van der Waals surface area (Å²) in [5.41, 5.74) is 0.649. The molecule has 2 aromatic carbocycles. The van der Waals surface area contributed by atoms with Gasteiger partial charge in [-0.15, -0.1) is 0 Å². The number of amides is 1. The molecule has 0 atom stereocenters. The second-order valence-corrected chi connectivity index (χ2v) is 5.26. The minimum absolute atomic E-state index is 0.0455. The number of anilines is 1. The molecule has 4 nitrogen and oxygen atoms in total. The lowest BCUT2D eigenvalue weighted by atomic mass is 10.1. The number of aromatic carboxylic acids is 1. The molecule has 0 bridgehead atoms. The SMILES string of the molecule is Cc1ccc(NC(=O)c2c(F)cccc2Br)c(C(=O)O)c1. The molecule has 2 rings (SSSR count). The molecule has 0 unspecified atom stereocenters. The van der Waals surface area contributed by atoms with Gasteiger partial charge in [-0.2, -0.15) is 0 Å². The predicted octanol–water partition coefficient (Wildman–Crippen LogP) is 3.85. The predicted molar refractivity (Wildman–Crippen MR) is 80.2 cm³/mol. The molecule has 0 spiro atoms. The summed E-state index contributed by atoms with van der Waals surface area (Å²) in [5.74, 6) is -2.57. The summed E-state index contributed by atoms with van der Waals surface area (Å²) < 4.78 is 14.0. The number of carboxylic acids is 1. The molecule has 0 aliphatic heterocycles. The summed E-state index contributed by atoms with van der Waals surface area (Å²) in [4.78, 5) is 23.3. The second-order valence-electron chi connectivity index (χ2n) is 4.40. The zero-order chi connectivity index (χ0) is 15.6. The average Bonchev–Trinajstić information content (AvgIpc) is 2.40. The largest absolute Gasteiger partial charge is 0.478 e. The van der Waals surface area contributed by atoms with E-state index in [1.54, 1.807) is 13.0 Å². The van der Waals surface area contributed by atoms with Crippen LogP contribution in [0.5, 0.6) is 0 Å². The van der Waals surface area contributed by atoms with E-state index in [0.29, 0.717) is 4.47 Å². The first-order valence-corrected chi connectivity index (χ1v) is 6.78. The Morgan fingerprint density at radius 2 is 1.95 bits per heavy atom. The van der Waals surface area contributed by atoms with Gasteiger partial charge in [0.2, 0.25) is 0 Å². The van der Waals surface area contributed by atoms with Gasteiger partial charge in [0.1, 0.15) is 5.82 Å². The van der Waals surface area contributed by atoms with Crippen LogP contribution in [0.4, 0.5) is 10.1 Å². The van der Waals surface area contributed by atoms with Crippen molar-refractivity contribution in [3.05, 3.63) is 63.4 Å². The summed E-state index contributed by atoms with van der Waals surface area (Å²) >= 11 is 3.10. The van der Waals surface area contributed by atoms with Gasteiger partial charge in [0.05, 0.1) is 16.8 Å². The molecule has 0 radical (unpaired) electrons. The van der Waals surface area contributed by atoms with E-state index in [1.165, 1.54) is 24.3 Å². The number of hydrogen-bond acceptors (Lipinski definition) is 2. The summed E-state index contributed by atoms with van der Waals surface area (Å²) in [6.07, 6.45) is 0. The maximum Gasteiger partial charge on any atom is 0.337 e. The van der Waals surface area contributed by atoms with Crippen LogP contribution in [-0.4, -0.2) is 17.0 Å². The molecule has 1 amide bonds. The minimum Gasteiger partial charge on any atom is -0.478 e. The van der Waals surface area contributed by atoms with Crippen molar-refractivity contribution < 1.29 is 19.1 Å². The Hall–Kier alpha value is -2.21. The normalized spacial score (nSPS) is 10.2. The Balaban J connectivity index is 2.39. The molecule has 0 aliphatic carbocycles. The zero-order valence-electron chi connectivity index (χ0n) is 11.0. The van der Waals surface area contributed by atoms with E-state index < -0.39 is 17.7 Å². The van der Waals surface area contributed by atoms with Crippen molar-refractivity contribution in [2.75, 3.05) is 5.32 Å². The van der Waals surface area contributed by atoms with Crippen LogP contribution in [-0.2, 0) is 0 Å². The summed E-state index contributed by atoms with van der Waals surface area (Å²) in [6, 6.07) is 8.74. The molecule has 108 valence electrons. The van der Waals surface area contributed by atoms with Gasteiger partial charge in [-0.1, -0.05) is 17.7 Å². The van der Waals surface area contributed by atoms with Crippen LogP contribution in [0.25, 0.3) is 0 Å². The first kappa shape index (κ1) is 15.2. The molecular formula is C15H11BrFNO3. The number of nitrogens with one attached hydrogen (secondary N) is 1. The van der Waals surface area contributed by atoms with Crippen LogP contribution < -0.4 is 5.32 Å². The lowest BCUT2D eigenvalue weighted by Crippen LogP contribution is -2.17. The van der Waals surface area contributed by atoms with E-state index in [4.69, 9.17) is 5.11 Å².